The molecule has 0 saturated carbocycles. The van der Waals surface area contributed by atoms with E-state index in [2.05, 4.69) is 6.92 Å². The molecule has 0 radical (unpaired) electrons. The van der Waals surface area contributed by atoms with E-state index in [-0.39, 0.29) is 12.1 Å². The van der Waals surface area contributed by atoms with Gasteiger partial charge < -0.3 is 14.6 Å². The Morgan fingerprint density at radius 2 is 2.00 bits per heavy atom. The fraction of sp³-hybridized carbons (Fsp3) is 0.500. The molecule has 0 aromatic heterocycles. The minimum absolute atomic E-state index is 0.0120. The lowest BCUT2D eigenvalue weighted by Gasteiger charge is -2.20. The Hall–Kier alpha value is -1.84. The standard InChI is InChI=1S/C16H22N2O2/c1-2-3-7-10-17-12-15(13-19)18(16(17)20)11-14-8-5-4-6-9-14/h4-6,8-9,13,15H,2-3,7,10-12H2,1H3/t15-/m0/s1. The molecule has 1 atom stereocenters. The fourth-order valence-corrected chi connectivity index (χ4v) is 2.55. The van der Waals surface area contributed by atoms with Crippen molar-refractivity contribution < 1.29 is 9.59 Å². The van der Waals surface area contributed by atoms with E-state index >= 15 is 0 Å². The topological polar surface area (TPSA) is 40.6 Å². The monoisotopic (exact) mass is 274 g/mol. The number of carbonyl (C=O) groups excluding carboxylic acids is 2. The minimum atomic E-state index is -0.315. The molecule has 1 heterocycles. The van der Waals surface area contributed by atoms with Crippen molar-refractivity contribution in [3.63, 3.8) is 0 Å². The van der Waals surface area contributed by atoms with Gasteiger partial charge in [0.2, 0.25) is 0 Å². The van der Waals surface area contributed by atoms with Crippen molar-refractivity contribution >= 4 is 12.3 Å². The third-order valence-corrected chi connectivity index (χ3v) is 3.71. The molecule has 4 heteroatoms. The van der Waals surface area contributed by atoms with E-state index in [4.69, 9.17) is 0 Å². The predicted molar refractivity (Wildman–Crippen MR) is 78.3 cm³/mol. The van der Waals surface area contributed by atoms with Crippen LogP contribution in [0.1, 0.15) is 31.7 Å². The summed E-state index contributed by atoms with van der Waals surface area (Å²) in [5.41, 5.74) is 1.06. The van der Waals surface area contributed by atoms with E-state index in [0.29, 0.717) is 13.1 Å². The van der Waals surface area contributed by atoms with Crippen molar-refractivity contribution in [2.45, 2.75) is 38.8 Å². The summed E-state index contributed by atoms with van der Waals surface area (Å²) in [6.07, 6.45) is 4.15. The van der Waals surface area contributed by atoms with Gasteiger partial charge in [0.25, 0.3) is 0 Å². The molecule has 20 heavy (non-hydrogen) atoms. The van der Waals surface area contributed by atoms with Gasteiger partial charge in [0.1, 0.15) is 12.3 Å². The van der Waals surface area contributed by atoms with E-state index in [1.807, 2.05) is 30.3 Å². The highest BCUT2D eigenvalue weighted by atomic mass is 16.2. The highest BCUT2D eigenvalue weighted by Crippen LogP contribution is 2.18. The van der Waals surface area contributed by atoms with Gasteiger partial charge in [-0.15, -0.1) is 0 Å². The number of nitrogens with zero attached hydrogens (tertiary/aromatic N) is 2. The number of rotatable bonds is 7. The number of hydrogen-bond acceptors (Lipinski definition) is 2. The Balaban J connectivity index is 2.00. The quantitative estimate of drug-likeness (QED) is 0.566. The smallest absolute Gasteiger partial charge is 0.321 e. The molecule has 4 nitrogen and oxygen atoms in total. The van der Waals surface area contributed by atoms with Crippen LogP contribution in [0.4, 0.5) is 4.79 Å². The zero-order valence-electron chi connectivity index (χ0n) is 12.0. The Bertz CT molecular complexity index is 447. The van der Waals surface area contributed by atoms with Crippen LogP contribution >= 0.6 is 0 Å². The van der Waals surface area contributed by atoms with Crippen LogP contribution in [0.3, 0.4) is 0 Å². The molecule has 108 valence electrons. The summed E-state index contributed by atoms with van der Waals surface area (Å²) in [5, 5.41) is 0. The number of amides is 2. The molecular weight excluding hydrogens is 252 g/mol. The summed E-state index contributed by atoms with van der Waals surface area (Å²) < 4.78 is 0. The number of aldehydes is 1. The van der Waals surface area contributed by atoms with Crippen LogP contribution in [0.2, 0.25) is 0 Å². The lowest BCUT2D eigenvalue weighted by Crippen LogP contribution is -2.35. The average molecular weight is 274 g/mol. The van der Waals surface area contributed by atoms with E-state index in [1.54, 1.807) is 9.80 Å². The van der Waals surface area contributed by atoms with Gasteiger partial charge >= 0.3 is 6.03 Å². The molecule has 1 aliphatic heterocycles. The summed E-state index contributed by atoms with van der Waals surface area (Å²) in [6.45, 7) is 3.93. The van der Waals surface area contributed by atoms with Gasteiger partial charge in [-0.05, 0) is 12.0 Å². The van der Waals surface area contributed by atoms with Gasteiger partial charge in [0.05, 0.1) is 0 Å². The Morgan fingerprint density at radius 1 is 1.25 bits per heavy atom. The molecule has 0 spiro atoms. The van der Waals surface area contributed by atoms with Crippen molar-refractivity contribution in [3.05, 3.63) is 35.9 Å². The van der Waals surface area contributed by atoms with Gasteiger partial charge in [-0.2, -0.15) is 0 Å². The lowest BCUT2D eigenvalue weighted by molar-refractivity contribution is -0.111. The van der Waals surface area contributed by atoms with Crippen molar-refractivity contribution in [2.75, 3.05) is 13.1 Å². The Morgan fingerprint density at radius 3 is 2.65 bits per heavy atom. The number of benzene rings is 1. The maximum absolute atomic E-state index is 12.4. The van der Waals surface area contributed by atoms with Crippen LogP contribution in [-0.2, 0) is 11.3 Å². The average Bonchev–Trinajstić information content (AvgIpc) is 2.77. The molecule has 1 aliphatic rings. The maximum Gasteiger partial charge on any atom is 0.321 e. The number of carbonyl (C=O) groups is 2. The first-order chi connectivity index (χ1) is 9.76. The second-order valence-electron chi connectivity index (χ2n) is 5.25. The summed E-state index contributed by atoms with van der Waals surface area (Å²) >= 11 is 0. The molecule has 0 bridgehead atoms. The van der Waals surface area contributed by atoms with Crippen LogP contribution in [0, 0.1) is 0 Å². The van der Waals surface area contributed by atoms with E-state index in [1.165, 1.54) is 0 Å². The van der Waals surface area contributed by atoms with Crippen LogP contribution in [-0.4, -0.2) is 41.2 Å². The summed E-state index contributed by atoms with van der Waals surface area (Å²) in [7, 11) is 0. The second kappa shape index (κ2) is 7.08. The van der Waals surface area contributed by atoms with Gasteiger partial charge in [0.15, 0.2) is 0 Å². The summed E-state index contributed by atoms with van der Waals surface area (Å²) in [5.74, 6) is 0. The molecule has 2 amide bonds. The number of urea groups is 1. The zero-order valence-corrected chi connectivity index (χ0v) is 12.0. The third-order valence-electron chi connectivity index (χ3n) is 3.71. The zero-order chi connectivity index (χ0) is 14.4. The highest BCUT2D eigenvalue weighted by molar-refractivity contribution is 5.82. The van der Waals surface area contributed by atoms with Gasteiger partial charge in [-0.25, -0.2) is 4.79 Å². The van der Waals surface area contributed by atoms with Crippen LogP contribution < -0.4 is 0 Å². The van der Waals surface area contributed by atoms with Crippen molar-refractivity contribution in [2.24, 2.45) is 0 Å². The Labute approximate surface area is 120 Å². The first-order valence-electron chi connectivity index (χ1n) is 7.31. The van der Waals surface area contributed by atoms with E-state index < -0.39 is 0 Å². The molecule has 1 saturated heterocycles. The fourth-order valence-electron chi connectivity index (χ4n) is 2.55. The molecule has 2 rings (SSSR count). The predicted octanol–water partition coefficient (Wildman–Crippen LogP) is 2.68. The number of hydrogen-bond donors (Lipinski definition) is 0. The second-order valence-corrected chi connectivity index (χ2v) is 5.25. The van der Waals surface area contributed by atoms with Crippen molar-refractivity contribution in [1.82, 2.24) is 9.80 Å². The van der Waals surface area contributed by atoms with Crippen molar-refractivity contribution in [1.29, 1.82) is 0 Å². The lowest BCUT2D eigenvalue weighted by atomic mass is 10.2. The Kier molecular flexibility index (Phi) is 5.16. The molecule has 1 aromatic rings. The normalized spacial score (nSPS) is 18.6. The van der Waals surface area contributed by atoms with Gasteiger partial charge in [-0.1, -0.05) is 50.1 Å². The first-order valence-corrected chi connectivity index (χ1v) is 7.31. The van der Waals surface area contributed by atoms with Crippen molar-refractivity contribution in [3.8, 4) is 0 Å². The highest BCUT2D eigenvalue weighted by Gasteiger charge is 2.36. The SMILES string of the molecule is CCCCCN1C[C@@H](C=O)N(Cc2ccccc2)C1=O. The largest absolute Gasteiger partial charge is 0.322 e. The van der Waals surface area contributed by atoms with E-state index in [9.17, 15) is 9.59 Å². The van der Waals surface area contributed by atoms with E-state index in [0.717, 1.165) is 37.7 Å². The molecule has 1 fully saturated rings. The van der Waals surface area contributed by atoms with Crippen LogP contribution in [0.15, 0.2) is 30.3 Å². The number of unbranched alkanes of at least 4 members (excludes halogenated alkanes) is 2. The van der Waals surface area contributed by atoms with Gasteiger partial charge in [-0.3, -0.25) is 0 Å². The molecule has 0 aliphatic carbocycles. The first kappa shape index (κ1) is 14.6. The molecule has 1 aromatic carbocycles. The van der Waals surface area contributed by atoms with Crippen LogP contribution in [0.25, 0.3) is 0 Å². The summed E-state index contributed by atoms with van der Waals surface area (Å²) in [4.78, 5) is 27.1. The molecule has 0 unspecified atom stereocenters. The minimum Gasteiger partial charge on any atom is -0.322 e. The maximum atomic E-state index is 12.4. The summed E-state index contributed by atoms with van der Waals surface area (Å²) in [6, 6.07) is 9.48. The van der Waals surface area contributed by atoms with Crippen LogP contribution in [0.5, 0.6) is 0 Å². The molecular formula is C16H22N2O2. The van der Waals surface area contributed by atoms with Gasteiger partial charge in [0, 0.05) is 19.6 Å². The third kappa shape index (κ3) is 3.38. The molecule has 0 N–H and O–H groups in total.